The minimum Gasteiger partial charge on any atom is -0.493 e. The standard InChI is InChI=1S/C19H28F2N2O3/c1-13(18(24)22-15-7-5-4-6-8-15)23(2)12-14-9-10-16(26-19(20)21)17(11-14)25-3/h9-11,13,15,19H,4-8,12H2,1-3H3,(H,22,24). The lowest BCUT2D eigenvalue weighted by Crippen LogP contribution is -2.47. The van der Waals surface area contributed by atoms with E-state index in [1.165, 1.54) is 32.4 Å². The third kappa shape index (κ3) is 5.83. The van der Waals surface area contributed by atoms with E-state index in [2.05, 4.69) is 10.1 Å². The van der Waals surface area contributed by atoms with Crippen LogP contribution in [-0.4, -0.2) is 43.7 Å². The zero-order chi connectivity index (χ0) is 19.1. The van der Waals surface area contributed by atoms with Gasteiger partial charge >= 0.3 is 6.61 Å². The topological polar surface area (TPSA) is 50.8 Å². The molecule has 1 aromatic carbocycles. The summed E-state index contributed by atoms with van der Waals surface area (Å²) in [4.78, 5) is 14.4. The molecule has 146 valence electrons. The second kappa shape index (κ2) is 9.71. The summed E-state index contributed by atoms with van der Waals surface area (Å²) in [6, 6.07) is 4.79. The molecule has 0 spiro atoms. The number of ether oxygens (including phenoxy) is 2. The molecule has 2 rings (SSSR count). The second-order valence-corrected chi connectivity index (χ2v) is 6.80. The monoisotopic (exact) mass is 370 g/mol. The molecule has 1 N–H and O–H groups in total. The average Bonchev–Trinajstić information content (AvgIpc) is 2.62. The number of alkyl halides is 2. The predicted molar refractivity (Wildman–Crippen MR) is 95.6 cm³/mol. The molecule has 0 radical (unpaired) electrons. The molecule has 0 saturated heterocycles. The highest BCUT2D eigenvalue weighted by molar-refractivity contribution is 5.81. The van der Waals surface area contributed by atoms with Crippen molar-refractivity contribution in [2.75, 3.05) is 14.2 Å². The summed E-state index contributed by atoms with van der Waals surface area (Å²) < 4.78 is 34.4. The van der Waals surface area contributed by atoms with E-state index < -0.39 is 6.61 Å². The van der Waals surface area contributed by atoms with E-state index in [0.717, 1.165) is 18.4 Å². The SMILES string of the molecule is COc1cc(CN(C)C(C)C(=O)NC2CCCCC2)ccc1OC(F)F. The minimum absolute atomic E-state index is 0.00278. The van der Waals surface area contributed by atoms with Crippen LogP contribution >= 0.6 is 0 Å². The molecule has 1 atom stereocenters. The number of benzene rings is 1. The molecule has 1 unspecified atom stereocenters. The average molecular weight is 370 g/mol. The van der Waals surface area contributed by atoms with Gasteiger partial charge in [0, 0.05) is 12.6 Å². The molecule has 1 saturated carbocycles. The summed E-state index contributed by atoms with van der Waals surface area (Å²) in [7, 11) is 3.27. The first kappa shape index (κ1) is 20.4. The van der Waals surface area contributed by atoms with Crippen molar-refractivity contribution in [1.82, 2.24) is 10.2 Å². The van der Waals surface area contributed by atoms with Crippen molar-refractivity contribution in [2.24, 2.45) is 0 Å². The Balaban J connectivity index is 1.94. The van der Waals surface area contributed by atoms with E-state index in [9.17, 15) is 13.6 Å². The van der Waals surface area contributed by atoms with Gasteiger partial charge < -0.3 is 14.8 Å². The molecule has 1 aliphatic carbocycles. The quantitative estimate of drug-likeness (QED) is 0.760. The Bertz CT molecular complexity index is 592. The number of likely N-dealkylation sites (N-methyl/N-ethyl adjacent to an activating group) is 1. The van der Waals surface area contributed by atoms with E-state index in [0.29, 0.717) is 6.54 Å². The maximum absolute atomic E-state index is 12.5. The number of amides is 1. The van der Waals surface area contributed by atoms with Crippen LogP contribution in [0.25, 0.3) is 0 Å². The summed E-state index contributed by atoms with van der Waals surface area (Å²) in [6.45, 7) is -0.547. The van der Waals surface area contributed by atoms with Crippen LogP contribution in [-0.2, 0) is 11.3 Å². The summed E-state index contributed by atoms with van der Waals surface area (Å²) >= 11 is 0. The van der Waals surface area contributed by atoms with Crippen LogP contribution < -0.4 is 14.8 Å². The van der Waals surface area contributed by atoms with Gasteiger partial charge in [-0.05, 0) is 44.5 Å². The number of halogens is 2. The van der Waals surface area contributed by atoms with Gasteiger partial charge in [0.15, 0.2) is 11.5 Å². The number of nitrogens with zero attached hydrogens (tertiary/aromatic N) is 1. The van der Waals surface area contributed by atoms with E-state index in [-0.39, 0.29) is 29.5 Å². The molecule has 1 amide bonds. The maximum Gasteiger partial charge on any atom is 0.387 e. The van der Waals surface area contributed by atoms with Crippen LogP contribution in [0.2, 0.25) is 0 Å². The smallest absolute Gasteiger partial charge is 0.387 e. The largest absolute Gasteiger partial charge is 0.493 e. The van der Waals surface area contributed by atoms with Crippen LogP contribution in [0.3, 0.4) is 0 Å². The van der Waals surface area contributed by atoms with Gasteiger partial charge in [-0.3, -0.25) is 9.69 Å². The van der Waals surface area contributed by atoms with Crippen LogP contribution in [0, 0.1) is 0 Å². The Morgan fingerprint density at radius 2 is 1.96 bits per heavy atom. The molecule has 26 heavy (non-hydrogen) atoms. The van der Waals surface area contributed by atoms with Crippen LogP contribution in [0.4, 0.5) is 8.78 Å². The van der Waals surface area contributed by atoms with Crippen molar-refractivity contribution in [3.05, 3.63) is 23.8 Å². The van der Waals surface area contributed by atoms with Gasteiger partial charge in [0.25, 0.3) is 0 Å². The molecular weight excluding hydrogens is 342 g/mol. The first-order valence-electron chi connectivity index (χ1n) is 9.03. The Hall–Kier alpha value is -1.89. The van der Waals surface area contributed by atoms with E-state index in [1.54, 1.807) is 12.1 Å². The minimum atomic E-state index is -2.90. The Morgan fingerprint density at radius 3 is 2.58 bits per heavy atom. The van der Waals surface area contributed by atoms with Gasteiger partial charge in [-0.1, -0.05) is 25.3 Å². The van der Waals surface area contributed by atoms with Crippen LogP contribution in [0.5, 0.6) is 11.5 Å². The fraction of sp³-hybridized carbons (Fsp3) is 0.632. The van der Waals surface area contributed by atoms with Gasteiger partial charge in [-0.2, -0.15) is 8.78 Å². The third-order valence-corrected chi connectivity index (χ3v) is 4.87. The van der Waals surface area contributed by atoms with Crippen molar-refractivity contribution >= 4 is 5.91 Å². The number of nitrogens with one attached hydrogen (secondary N) is 1. The highest BCUT2D eigenvalue weighted by atomic mass is 19.3. The first-order valence-corrected chi connectivity index (χ1v) is 9.03. The summed E-state index contributed by atoms with van der Waals surface area (Å²) in [5.41, 5.74) is 0.850. The summed E-state index contributed by atoms with van der Waals surface area (Å²) in [5, 5.41) is 3.13. The number of hydrogen-bond acceptors (Lipinski definition) is 4. The normalized spacial score (nSPS) is 16.6. The van der Waals surface area contributed by atoms with Gasteiger partial charge in [0.05, 0.1) is 13.2 Å². The molecule has 1 fully saturated rings. The van der Waals surface area contributed by atoms with Gasteiger partial charge in [0.1, 0.15) is 0 Å². The number of hydrogen-bond donors (Lipinski definition) is 1. The van der Waals surface area contributed by atoms with Crippen LogP contribution in [0.15, 0.2) is 18.2 Å². The highest BCUT2D eigenvalue weighted by Gasteiger charge is 2.22. The molecular formula is C19H28F2N2O3. The van der Waals surface area contributed by atoms with Crippen molar-refractivity contribution in [2.45, 2.75) is 64.3 Å². The van der Waals surface area contributed by atoms with Gasteiger partial charge in [-0.15, -0.1) is 0 Å². The molecule has 5 nitrogen and oxygen atoms in total. The van der Waals surface area contributed by atoms with Crippen molar-refractivity contribution in [3.8, 4) is 11.5 Å². The Labute approximate surface area is 153 Å². The van der Waals surface area contributed by atoms with E-state index in [4.69, 9.17) is 4.74 Å². The Kier molecular flexibility index (Phi) is 7.63. The number of rotatable bonds is 8. The van der Waals surface area contributed by atoms with Crippen molar-refractivity contribution < 1.29 is 23.0 Å². The lowest BCUT2D eigenvalue weighted by atomic mass is 9.95. The lowest BCUT2D eigenvalue weighted by molar-refractivity contribution is -0.126. The molecule has 0 aromatic heterocycles. The van der Waals surface area contributed by atoms with Crippen molar-refractivity contribution in [1.29, 1.82) is 0 Å². The number of carbonyl (C=O) groups excluding carboxylic acids is 1. The first-order chi connectivity index (χ1) is 12.4. The second-order valence-electron chi connectivity index (χ2n) is 6.80. The number of carbonyl (C=O) groups is 1. The van der Waals surface area contributed by atoms with Crippen molar-refractivity contribution in [3.63, 3.8) is 0 Å². The summed E-state index contributed by atoms with van der Waals surface area (Å²) in [5.74, 6) is 0.261. The molecule has 0 heterocycles. The van der Waals surface area contributed by atoms with Crippen LogP contribution in [0.1, 0.15) is 44.6 Å². The van der Waals surface area contributed by atoms with Gasteiger partial charge in [-0.25, -0.2) is 0 Å². The highest BCUT2D eigenvalue weighted by Crippen LogP contribution is 2.30. The van der Waals surface area contributed by atoms with E-state index >= 15 is 0 Å². The summed E-state index contributed by atoms with van der Waals surface area (Å²) in [6.07, 6.45) is 5.68. The van der Waals surface area contributed by atoms with E-state index in [1.807, 2.05) is 18.9 Å². The third-order valence-electron chi connectivity index (χ3n) is 4.87. The molecule has 0 bridgehead atoms. The zero-order valence-electron chi connectivity index (χ0n) is 15.6. The predicted octanol–water partition coefficient (Wildman–Crippen LogP) is 3.57. The van der Waals surface area contributed by atoms with Gasteiger partial charge in [0.2, 0.25) is 5.91 Å². The molecule has 1 aromatic rings. The molecule has 7 heteroatoms. The Morgan fingerprint density at radius 1 is 1.27 bits per heavy atom. The molecule has 0 aliphatic heterocycles. The maximum atomic E-state index is 12.5. The molecule has 1 aliphatic rings. The number of methoxy groups -OCH3 is 1. The lowest BCUT2D eigenvalue weighted by Gasteiger charge is -2.28. The fourth-order valence-corrected chi connectivity index (χ4v) is 3.20. The zero-order valence-corrected chi connectivity index (χ0v) is 15.6. The fourth-order valence-electron chi connectivity index (χ4n) is 3.20.